The molecule has 15 heavy (non-hydrogen) atoms. The molecule has 0 aliphatic rings. The third kappa shape index (κ3) is 2.45. The average Bonchev–Trinajstić information content (AvgIpc) is 2.31. The first kappa shape index (κ1) is 9.93. The normalized spacial score (nSPS) is 9.87. The van der Waals surface area contributed by atoms with Crippen LogP contribution in [0.5, 0.6) is 0 Å². The van der Waals surface area contributed by atoms with Gasteiger partial charge in [0.15, 0.2) is 0 Å². The second-order valence-electron chi connectivity index (χ2n) is 3.28. The minimum Gasteiger partial charge on any atom is -0.0985 e. The molecule has 0 saturated heterocycles. The van der Waals surface area contributed by atoms with Crippen molar-refractivity contribution in [3.05, 3.63) is 66.7 Å². The molecular formula is C14H12Si. The molecule has 2 aromatic carbocycles. The van der Waals surface area contributed by atoms with Gasteiger partial charge < -0.3 is 0 Å². The Kier molecular flexibility index (Phi) is 3.15. The number of rotatable bonds is 3. The van der Waals surface area contributed by atoms with Crippen molar-refractivity contribution >= 4 is 26.0 Å². The smallest absolute Gasteiger partial charge is 0.0985 e. The third-order valence-electron chi connectivity index (χ3n) is 2.23. The van der Waals surface area contributed by atoms with E-state index in [1.165, 1.54) is 15.9 Å². The van der Waals surface area contributed by atoms with Crippen LogP contribution in [0.25, 0.3) is 6.08 Å². The maximum absolute atomic E-state index is 3.84. The summed E-state index contributed by atoms with van der Waals surface area (Å²) in [5, 5.41) is 2.73. The standard InChI is InChI=1S/C14H12Si/c1-2-12-8-6-7-11-14(12)15-13-9-4-3-5-10-13/h2-11H,1H2. The second-order valence-corrected chi connectivity index (χ2v) is 4.65. The fraction of sp³-hybridized carbons (Fsp3) is 0. The summed E-state index contributed by atoms with van der Waals surface area (Å²) in [6, 6.07) is 19.0. The molecule has 72 valence electrons. The van der Waals surface area contributed by atoms with Gasteiger partial charge in [-0.05, 0) is 5.56 Å². The van der Waals surface area contributed by atoms with Crippen molar-refractivity contribution in [1.29, 1.82) is 0 Å². The lowest BCUT2D eigenvalue weighted by atomic mass is 10.2. The topological polar surface area (TPSA) is 0 Å². The summed E-state index contributed by atoms with van der Waals surface area (Å²) in [7, 11) is 0.711. The molecule has 0 atom stereocenters. The zero-order chi connectivity index (χ0) is 10.5. The monoisotopic (exact) mass is 208 g/mol. The highest BCUT2D eigenvalue weighted by Crippen LogP contribution is 1.96. The molecule has 2 rings (SSSR count). The van der Waals surface area contributed by atoms with Gasteiger partial charge in [-0.2, -0.15) is 0 Å². The van der Waals surface area contributed by atoms with E-state index in [9.17, 15) is 0 Å². The molecule has 0 N–H and O–H groups in total. The molecule has 0 aliphatic carbocycles. The Bertz CT molecular complexity index is 446. The Morgan fingerprint density at radius 3 is 2.27 bits per heavy atom. The van der Waals surface area contributed by atoms with Crippen LogP contribution >= 0.6 is 0 Å². The van der Waals surface area contributed by atoms with Crippen molar-refractivity contribution < 1.29 is 0 Å². The molecule has 0 amide bonds. The molecule has 0 fully saturated rings. The summed E-state index contributed by atoms with van der Waals surface area (Å²) in [5.41, 5.74) is 1.24. The fourth-order valence-corrected chi connectivity index (χ4v) is 2.65. The van der Waals surface area contributed by atoms with Crippen LogP contribution in [-0.4, -0.2) is 9.52 Å². The lowest BCUT2D eigenvalue weighted by Gasteiger charge is -2.04. The molecule has 0 aromatic heterocycles. The largest absolute Gasteiger partial charge is 0.122 e. The van der Waals surface area contributed by atoms with Gasteiger partial charge >= 0.3 is 0 Å². The van der Waals surface area contributed by atoms with Gasteiger partial charge in [0, 0.05) is 0 Å². The highest BCUT2D eigenvalue weighted by molar-refractivity contribution is 6.68. The van der Waals surface area contributed by atoms with Gasteiger partial charge in [0.2, 0.25) is 0 Å². The van der Waals surface area contributed by atoms with Crippen LogP contribution in [0.15, 0.2) is 61.2 Å². The summed E-state index contributed by atoms with van der Waals surface area (Å²) >= 11 is 0. The first-order valence-corrected chi connectivity index (χ1v) is 5.93. The first-order valence-electron chi connectivity index (χ1n) is 4.93. The highest BCUT2D eigenvalue weighted by atomic mass is 28.2. The van der Waals surface area contributed by atoms with E-state index in [2.05, 4.69) is 55.1 Å². The summed E-state index contributed by atoms with van der Waals surface area (Å²) in [5.74, 6) is 0. The van der Waals surface area contributed by atoms with E-state index in [-0.39, 0.29) is 0 Å². The van der Waals surface area contributed by atoms with Crippen LogP contribution in [0.4, 0.5) is 0 Å². The molecule has 0 bridgehead atoms. The summed E-state index contributed by atoms with van der Waals surface area (Å²) in [6.07, 6.45) is 1.92. The maximum atomic E-state index is 3.84. The minimum absolute atomic E-state index is 0.711. The quantitative estimate of drug-likeness (QED) is 0.677. The number of hydrogen-bond acceptors (Lipinski definition) is 0. The molecular weight excluding hydrogens is 196 g/mol. The first-order chi connectivity index (χ1) is 7.40. The zero-order valence-corrected chi connectivity index (χ0v) is 9.48. The Hall–Kier alpha value is -1.60. The van der Waals surface area contributed by atoms with Crippen molar-refractivity contribution in [2.24, 2.45) is 0 Å². The van der Waals surface area contributed by atoms with Gasteiger partial charge in [-0.25, -0.2) is 0 Å². The summed E-state index contributed by atoms with van der Waals surface area (Å²) in [4.78, 5) is 0. The van der Waals surface area contributed by atoms with Crippen LogP contribution < -0.4 is 10.4 Å². The number of benzene rings is 2. The van der Waals surface area contributed by atoms with Gasteiger partial charge in [-0.15, -0.1) is 0 Å². The fourth-order valence-electron chi connectivity index (χ4n) is 1.47. The summed E-state index contributed by atoms with van der Waals surface area (Å²) < 4.78 is 0. The van der Waals surface area contributed by atoms with Gasteiger partial charge in [-0.1, -0.05) is 77.6 Å². The van der Waals surface area contributed by atoms with E-state index in [1.54, 1.807) is 0 Å². The third-order valence-corrected chi connectivity index (χ3v) is 3.58. The van der Waals surface area contributed by atoms with Crippen molar-refractivity contribution in [1.82, 2.24) is 0 Å². The van der Waals surface area contributed by atoms with Gasteiger partial charge in [-0.3, -0.25) is 0 Å². The Labute approximate surface area is 93.1 Å². The van der Waals surface area contributed by atoms with E-state index in [4.69, 9.17) is 0 Å². The Balaban J connectivity index is 2.28. The summed E-state index contributed by atoms with van der Waals surface area (Å²) in [6.45, 7) is 3.84. The van der Waals surface area contributed by atoms with E-state index < -0.39 is 0 Å². The van der Waals surface area contributed by atoms with Gasteiger partial charge in [0.1, 0.15) is 9.52 Å². The Morgan fingerprint density at radius 1 is 0.867 bits per heavy atom. The van der Waals surface area contributed by atoms with Crippen molar-refractivity contribution in [2.45, 2.75) is 0 Å². The van der Waals surface area contributed by atoms with Gasteiger partial charge in [0.25, 0.3) is 0 Å². The predicted molar refractivity (Wildman–Crippen MR) is 68.0 cm³/mol. The molecule has 1 heteroatoms. The molecule has 0 heterocycles. The Morgan fingerprint density at radius 2 is 1.53 bits per heavy atom. The van der Waals surface area contributed by atoms with E-state index in [0.717, 1.165) is 0 Å². The van der Waals surface area contributed by atoms with Gasteiger partial charge in [0.05, 0.1) is 0 Å². The minimum atomic E-state index is 0.711. The maximum Gasteiger partial charge on any atom is 0.122 e. The van der Waals surface area contributed by atoms with Crippen LogP contribution in [0, 0.1) is 0 Å². The number of hydrogen-bond donors (Lipinski definition) is 0. The van der Waals surface area contributed by atoms with E-state index in [0.29, 0.717) is 9.52 Å². The van der Waals surface area contributed by atoms with E-state index in [1.807, 2.05) is 12.1 Å². The van der Waals surface area contributed by atoms with Crippen molar-refractivity contribution in [3.63, 3.8) is 0 Å². The SMILES string of the molecule is C=Cc1ccccc1[Si]c1ccccc1. The van der Waals surface area contributed by atoms with Crippen molar-refractivity contribution in [2.75, 3.05) is 0 Å². The van der Waals surface area contributed by atoms with Crippen LogP contribution in [-0.2, 0) is 0 Å². The zero-order valence-electron chi connectivity index (χ0n) is 8.48. The molecule has 0 aliphatic heterocycles. The molecule has 0 nitrogen and oxygen atoms in total. The molecule has 0 saturated carbocycles. The molecule has 2 aromatic rings. The molecule has 0 spiro atoms. The average molecular weight is 208 g/mol. The lowest BCUT2D eigenvalue weighted by molar-refractivity contribution is 1.71. The predicted octanol–water partition coefficient (Wildman–Crippen LogP) is 1.98. The van der Waals surface area contributed by atoms with E-state index >= 15 is 0 Å². The lowest BCUT2D eigenvalue weighted by Crippen LogP contribution is -2.28. The molecule has 2 radical (unpaired) electrons. The van der Waals surface area contributed by atoms with Crippen LogP contribution in [0.3, 0.4) is 0 Å². The van der Waals surface area contributed by atoms with Crippen LogP contribution in [0.2, 0.25) is 0 Å². The van der Waals surface area contributed by atoms with Crippen LogP contribution in [0.1, 0.15) is 5.56 Å². The van der Waals surface area contributed by atoms with Crippen molar-refractivity contribution in [3.8, 4) is 0 Å². The highest BCUT2D eigenvalue weighted by Gasteiger charge is 2.00. The molecule has 0 unspecified atom stereocenters. The second kappa shape index (κ2) is 4.76.